The van der Waals surface area contributed by atoms with Gasteiger partial charge in [-0.25, -0.2) is 8.42 Å². The Kier molecular flexibility index (Phi) is 5.62. The van der Waals surface area contributed by atoms with Gasteiger partial charge in [-0.2, -0.15) is 0 Å². The van der Waals surface area contributed by atoms with Crippen LogP contribution in [0.15, 0.2) is 83.9 Å². The molecule has 7 heteroatoms. The molecule has 6 nitrogen and oxygen atoms in total. The molecule has 0 fully saturated rings. The summed E-state index contributed by atoms with van der Waals surface area (Å²) in [7, 11) is -3.74. The Morgan fingerprint density at radius 2 is 1.65 bits per heavy atom. The molecule has 0 saturated heterocycles. The number of hydrogen-bond acceptors (Lipinski definition) is 5. The number of benzene rings is 2. The van der Waals surface area contributed by atoms with Gasteiger partial charge in [0, 0.05) is 12.6 Å². The maximum Gasteiger partial charge on any atom is 0.271 e. The summed E-state index contributed by atoms with van der Waals surface area (Å²) in [5.41, 5.74) is 1.48. The number of aromatic nitrogens is 1. The normalized spacial score (nSPS) is 12.5. The fourth-order valence-corrected chi connectivity index (χ4v) is 3.16. The van der Waals surface area contributed by atoms with Crippen molar-refractivity contribution in [2.24, 2.45) is 0 Å². The Balaban J connectivity index is 1.60. The minimum atomic E-state index is -3.74. The number of sulfonamides is 1. The first-order valence-corrected chi connectivity index (χ1v) is 9.44. The lowest BCUT2D eigenvalue weighted by Crippen LogP contribution is -2.27. The van der Waals surface area contributed by atoms with Crippen LogP contribution in [0.5, 0.6) is 5.75 Å². The van der Waals surface area contributed by atoms with Crippen LogP contribution >= 0.6 is 0 Å². The molecular formula is C19H18N2O4S. The molecule has 0 radical (unpaired) electrons. The van der Waals surface area contributed by atoms with Crippen LogP contribution in [0.1, 0.15) is 17.4 Å². The number of aliphatic hydroxyl groups excluding tert-OH is 1. The predicted octanol–water partition coefficient (Wildman–Crippen LogP) is 2.63. The van der Waals surface area contributed by atoms with Crippen molar-refractivity contribution >= 4 is 10.0 Å². The predicted molar refractivity (Wildman–Crippen MR) is 96.7 cm³/mol. The molecule has 26 heavy (non-hydrogen) atoms. The van der Waals surface area contributed by atoms with Crippen molar-refractivity contribution in [3.63, 3.8) is 0 Å². The van der Waals surface area contributed by atoms with E-state index in [9.17, 15) is 13.5 Å². The number of nitrogens with one attached hydrogen (secondary N) is 1. The summed E-state index contributed by atoms with van der Waals surface area (Å²) >= 11 is 0. The molecule has 0 saturated carbocycles. The van der Waals surface area contributed by atoms with E-state index in [1.807, 2.05) is 6.07 Å². The Labute approximate surface area is 152 Å². The van der Waals surface area contributed by atoms with Gasteiger partial charge in [-0.05, 0) is 46.8 Å². The van der Waals surface area contributed by atoms with Crippen LogP contribution in [0.3, 0.4) is 0 Å². The molecule has 0 aliphatic rings. The monoisotopic (exact) mass is 370 g/mol. The second-order valence-corrected chi connectivity index (χ2v) is 7.27. The summed E-state index contributed by atoms with van der Waals surface area (Å²) in [5.74, 6) is 0.348. The number of aliphatic hydroxyl groups is 1. The molecule has 1 unspecified atom stereocenters. The van der Waals surface area contributed by atoms with Gasteiger partial charge in [0.25, 0.3) is 10.0 Å². The zero-order chi connectivity index (χ0) is 18.4. The standard InChI is InChI=1S/C19H18N2O4S/c22-19(18-8-4-5-13-20-18)14-15-9-11-16(12-10-15)25-21-26(23,24)17-6-2-1-3-7-17/h1-13,19,21-22H,14H2. The first-order chi connectivity index (χ1) is 12.5. The molecule has 1 aromatic heterocycles. The average Bonchev–Trinajstić information content (AvgIpc) is 2.69. The second-order valence-electron chi connectivity index (χ2n) is 5.62. The van der Waals surface area contributed by atoms with Gasteiger partial charge < -0.3 is 9.94 Å². The van der Waals surface area contributed by atoms with Crippen molar-refractivity contribution in [1.82, 2.24) is 9.87 Å². The molecule has 0 bridgehead atoms. The van der Waals surface area contributed by atoms with E-state index < -0.39 is 16.1 Å². The molecule has 0 aliphatic carbocycles. The lowest BCUT2D eigenvalue weighted by Gasteiger charge is -2.11. The number of nitrogens with zero attached hydrogens (tertiary/aromatic N) is 1. The fourth-order valence-electron chi connectivity index (χ4n) is 2.35. The summed E-state index contributed by atoms with van der Waals surface area (Å²) in [6, 6.07) is 20.1. The molecule has 1 heterocycles. The van der Waals surface area contributed by atoms with Crippen molar-refractivity contribution in [2.75, 3.05) is 0 Å². The van der Waals surface area contributed by atoms with Crippen LogP contribution in [-0.4, -0.2) is 18.5 Å². The third kappa shape index (κ3) is 4.66. The third-order valence-corrected chi connectivity index (χ3v) is 4.90. The zero-order valence-corrected chi connectivity index (χ0v) is 14.6. The van der Waals surface area contributed by atoms with Crippen molar-refractivity contribution < 1.29 is 18.4 Å². The van der Waals surface area contributed by atoms with Gasteiger partial charge in [0.1, 0.15) is 5.75 Å². The van der Waals surface area contributed by atoms with Crippen LogP contribution in [-0.2, 0) is 16.4 Å². The lowest BCUT2D eigenvalue weighted by atomic mass is 10.1. The van der Waals surface area contributed by atoms with E-state index in [4.69, 9.17) is 4.84 Å². The highest BCUT2D eigenvalue weighted by molar-refractivity contribution is 7.89. The highest BCUT2D eigenvalue weighted by Gasteiger charge is 2.14. The summed E-state index contributed by atoms with van der Waals surface area (Å²) in [6.45, 7) is 0. The van der Waals surface area contributed by atoms with E-state index in [-0.39, 0.29) is 4.90 Å². The average molecular weight is 370 g/mol. The Hall–Kier alpha value is -2.74. The minimum Gasteiger partial charge on any atom is -0.394 e. The largest absolute Gasteiger partial charge is 0.394 e. The topological polar surface area (TPSA) is 88.5 Å². The smallest absolute Gasteiger partial charge is 0.271 e. The van der Waals surface area contributed by atoms with Gasteiger partial charge in [0.2, 0.25) is 0 Å². The van der Waals surface area contributed by atoms with Crippen LogP contribution in [0.2, 0.25) is 0 Å². The minimum absolute atomic E-state index is 0.120. The Morgan fingerprint density at radius 3 is 2.31 bits per heavy atom. The SMILES string of the molecule is O=S(=O)(NOc1ccc(CC(O)c2ccccn2)cc1)c1ccccc1. The second kappa shape index (κ2) is 8.09. The maximum atomic E-state index is 12.1. The molecule has 2 N–H and O–H groups in total. The zero-order valence-electron chi connectivity index (χ0n) is 13.8. The molecular weight excluding hydrogens is 352 g/mol. The summed E-state index contributed by atoms with van der Waals surface area (Å²) in [6.07, 6.45) is 1.32. The van der Waals surface area contributed by atoms with Crippen LogP contribution < -0.4 is 9.72 Å². The van der Waals surface area contributed by atoms with Gasteiger partial charge in [0.15, 0.2) is 0 Å². The molecule has 0 aliphatic heterocycles. The molecule has 134 valence electrons. The van der Waals surface area contributed by atoms with Crippen LogP contribution in [0.4, 0.5) is 0 Å². The molecule has 2 aromatic carbocycles. The van der Waals surface area contributed by atoms with Crippen molar-refractivity contribution in [3.8, 4) is 5.75 Å². The summed E-state index contributed by atoms with van der Waals surface area (Å²) in [5, 5.41) is 10.2. The molecule has 0 amide bonds. The quantitative estimate of drug-likeness (QED) is 0.624. The van der Waals surface area contributed by atoms with E-state index in [1.54, 1.807) is 60.8 Å². The lowest BCUT2D eigenvalue weighted by molar-refractivity contribution is 0.173. The van der Waals surface area contributed by atoms with Crippen molar-refractivity contribution in [2.45, 2.75) is 17.4 Å². The summed E-state index contributed by atoms with van der Waals surface area (Å²) < 4.78 is 24.2. The molecule has 3 aromatic rings. The van der Waals surface area contributed by atoms with Gasteiger partial charge >= 0.3 is 0 Å². The highest BCUT2D eigenvalue weighted by Crippen LogP contribution is 2.19. The third-order valence-electron chi connectivity index (χ3n) is 3.70. The number of hydrogen-bond donors (Lipinski definition) is 2. The van der Waals surface area contributed by atoms with Crippen LogP contribution in [0.25, 0.3) is 0 Å². The van der Waals surface area contributed by atoms with Gasteiger partial charge in [0.05, 0.1) is 16.7 Å². The first-order valence-electron chi connectivity index (χ1n) is 7.96. The molecule has 3 rings (SSSR count). The van der Waals surface area contributed by atoms with Crippen LogP contribution in [0, 0.1) is 0 Å². The Morgan fingerprint density at radius 1 is 0.962 bits per heavy atom. The van der Waals surface area contributed by atoms with E-state index in [2.05, 4.69) is 9.87 Å². The van der Waals surface area contributed by atoms with Crippen molar-refractivity contribution in [1.29, 1.82) is 0 Å². The van der Waals surface area contributed by atoms with Gasteiger partial charge in [-0.3, -0.25) is 4.98 Å². The molecule has 1 atom stereocenters. The van der Waals surface area contributed by atoms with E-state index in [0.717, 1.165) is 5.56 Å². The maximum absolute atomic E-state index is 12.1. The first kappa shape index (κ1) is 18.1. The van der Waals surface area contributed by atoms with Gasteiger partial charge in [-0.1, -0.05) is 36.4 Å². The van der Waals surface area contributed by atoms with Gasteiger partial charge in [-0.15, -0.1) is 0 Å². The number of rotatable bonds is 7. The van der Waals surface area contributed by atoms with Crippen molar-refractivity contribution in [3.05, 3.63) is 90.3 Å². The Bertz CT molecular complexity index is 930. The van der Waals surface area contributed by atoms with E-state index in [1.165, 1.54) is 12.1 Å². The highest BCUT2D eigenvalue weighted by atomic mass is 32.2. The molecule has 0 spiro atoms. The summed E-state index contributed by atoms with van der Waals surface area (Å²) in [4.78, 5) is 11.5. The fraction of sp³-hybridized carbons (Fsp3) is 0.105. The van der Waals surface area contributed by atoms with E-state index in [0.29, 0.717) is 17.9 Å². The van der Waals surface area contributed by atoms with E-state index >= 15 is 0 Å². The number of pyridine rings is 1.